The van der Waals surface area contributed by atoms with E-state index in [4.69, 9.17) is 9.15 Å². The number of aromatic nitrogens is 2. The van der Waals surface area contributed by atoms with Crippen LogP contribution >= 0.6 is 0 Å². The summed E-state index contributed by atoms with van der Waals surface area (Å²) in [6.45, 7) is 8.04. The molecule has 0 fully saturated rings. The van der Waals surface area contributed by atoms with Gasteiger partial charge in [-0.1, -0.05) is 36.4 Å². The number of furan rings is 1. The molecule has 34 heavy (non-hydrogen) atoms. The molecule has 6 nitrogen and oxygen atoms in total. The summed E-state index contributed by atoms with van der Waals surface area (Å²) in [6.07, 6.45) is 2.52. The SMILES string of the molecule is C=CCc1ccccc1OCc1ccc(C(=O)Nc2c(C)nn(Cc3cccc(F)c3)c2C)o1. The molecule has 174 valence electrons. The maximum absolute atomic E-state index is 13.5. The van der Waals surface area contributed by atoms with Crippen LogP contribution in [0.5, 0.6) is 5.75 Å². The van der Waals surface area contributed by atoms with E-state index >= 15 is 0 Å². The fraction of sp³-hybridized carbons (Fsp3) is 0.185. The average molecular weight is 460 g/mol. The molecule has 0 saturated carbocycles. The Balaban J connectivity index is 1.42. The second-order valence-corrected chi connectivity index (χ2v) is 7.94. The number of rotatable bonds is 9. The molecule has 0 bridgehead atoms. The molecule has 4 aromatic rings. The Morgan fingerprint density at radius 2 is 2.00 bits per heavy atom. The van der Waals surface area contributed by atoms with E-state index in [0.29, 0.717) is 30.1 Å². The maximum Gasteiger partial charge on any atom is 0.291 e. The van der Waals surface area contributed by atoms with Gasteiger partial charge in [-0.3, -0.25) is 9.48 Å². The van der Waals surface area contributed by atoms with Crippen molar-refractivity contribution in [3.05, 3.63) is 113 Å². The zero-order valence-electron chi connectivity index (χ0n) is 19.2. The lowest BCUT2D eigenvalue weighted by Crippen LogP contribution is -2.12. The van der Waals surface area contributed by atoms with Crippen LogP contribution in [0.3, 0.4) is 0 Å². The number of carbonyl (C=O) groups excluding carboxylic acids is 1. The molecule has 0 saturated heterocycles. The summed E-state index contributed by atoms with van der Waals surface area (Å²) in [5.74, 6) is 0.786. The van der Waals surface area contributed by atoms with Crippen molar-refractivity contribution >= 4 is 11.6 Å². The molecular formula is C27H26FN3O3. The topological polar surface area (TPSA) is 69.3 Å². The summed E-state index contributed by atoms with van der Waals surface area (Å²) >= 11 is 0. The van der Waals surface area contributed by atoms with E-state index in [1.807, 2.05) is 50.3 Å². The molecule has 7 heteroatoms. The number of hydrogen-bond donors (Lipinski definition) is 1. The van der Waals surface area contributed by atoms with E-state index in [9.17, 15) is 9.18 Å². The van der Waals surface area contributed by atoms with E-state index < -0.39 is 0 Å². The van der Waals surface area contributed by atoms with Crippen LogP contribution < -0.4 is 10.1 Å². The Morgan fingerprint density at radius 1 is 1.18 bits per heavy atom. The van der Waals surface area contributed by atoms with Crippen LogP contribution in [-0.4, -0.2) is 15.7 Å². The van der Waals surface area contributed by atoms with Gasteiger partial charge in [-0.25, -0.2) is 4.39 Å². The highest BCUT2D eigenvalue weighted by Gasteiger charge is 2.18. The van der Waals surface area contributed by atoms with Gasteiger partial charge in [0.05, 0.1) is 23.6 Å². The van der Waals surface area contributed by atoms with E-state index in [1.165, 1.54) is 12.1 Å². The number of carbonyl (C=O) groups is 1. The first-order valence-corrected chi connectivity index (χ1v) is 10.9. The quantitative estimate of drug-likeness (QED) is 0.319. The number of ether oxygens (including phenoxy) is 1. The van der Waals surface area contributed by atoms with Crippen LogP contribution in [-0.2, 0) is 19.6 Å². The van der Waals surface area contributed by atoms with Gasteiger partial charge in [0.1, 0.15) is 23.9 Å². The van der Waals surface area contributed by atoms with Crippen LogP contribution in [0.4, 0.5) is 10.1 Å². The number of nitrogens with one attached hydrogen (secondary N) is 1. The van der Waals surface area contributed by atoms with E-state index in [1.54, 1.807) is 22.9 Å². The molecule has 0 atom stereocenters. The lowest BCUT2D eigenvalue weighted by atomic mass is 10.1. The lowest BCUT2D eigenvalue weighted by Gasteiger charge is -2.09. The lowest BCUT2D eigenvalue weighted by molar-refractivity contribution is 0.0992. The van der Waals surface area contributed by atoms with Crippen LogP contribution in [0.2, 0.25) is 0 Å². The minimum absolute atomic E-state index is 0.176. The molecule has 0 radical (unpaired) electrons. The fourth-order valence-electron chi connectivity index (χ4n) is 3.71. The first kappa shape index (κ1) is 23.0. The second kappa shape index (κ2) is 10.2. The summed E-state index contributed by atoms with van der Waals surface area (Å²) in [5, 5.41) is 7.38. The number of allylic oxidation sites excluding steroid dienone is 1. The van der Waals surface area contributed by atoms with Crippen LogP contribution in [0.15, 0.2) is 77.7 Å². The third kappa shape index (κ3) is 5.26. The van der Waals surface area contributed by atoms with Gasteiger partial charge in [-0.2, -0.15) is 5.10 Å². The summed E-state index contributed by atoms with van der Waals surface area (Å²) in [6, 6.07) is 17.4. The molecule has 0 aliphatic rings. The molecule has 0 aliphatic carbocycles. The average Bonchev–Trinajstić information content (AvgIpc) is 3.39. The van der Waals surface area contributed by atoms with Crippen molar-refractivity contribution in [2.75, 3.05) is 5.32 Å². The molecule has 2 heterocycles. The predicted octanol–water partition coefficient (Wildman–Crippen LogP) is 5.84. The zero-order chi connectivity index (χ0) is 24.1. The molecule has 1 amide bonds. The van der Waals surface area contributed by atoms with Gasteiger partial charge in [0.15, 0.2) is 5.76 Å². The Kier molecular flexibility index (Phi) is 6.92. The Bertz CT molecular complexity index is 1320. The number of aryl methyl sites for hydroxylation is 1. The summed E-state index contributed by atoms with van der Waals surface area (Å²) < 4.78 is 26.8. The molecule has 2 aromatic heterocycles. The highest BCUT2D eigenvalue weighted by Crippen LogP contribution is 2.23. The summed E-state index contributed by atoms with van der Waals surface area (Å²) in [7, 11) is 0. The standard InChI is InChI=1S/C27H26FN3O3/c1-4-8-21-10-5-6-12-24(21)33-17-23-13-14-25(34-23)27(32)29-26-18(2)30-31(19(26)3)16-20-9-7-11-22(28)15-20/h4-7,9-15H,1,8,16-17H2,2-3H3,(H,29,32). The largest absolute Gasteiger partial charge is 0.485 e. The number of halogens is 1. The van der Waals surface area contributed by atoms with Crippen molar-refractivity contribution in [2.45, 2.75) is 33.4 Å². The molecular weight excluding hydrogens is 433 g/mol. The number of para-hydroxylation sites is 1. The van der Waals surface area contributed by atoms with Gasteiger partial charge < -0.3 is 14.5 Å². The molecule has 0 aliphatic heterocycles. The third-order valence-corrected chi connectivity index (χ3v) is 5.43. The first-order valence-electron chi connectivity index (χ1n) is 10.9. The monoisotopic (exact) mass is 459 g/mol. The summed E-state index contributed by atoms with van der Waals surface area (Å²) in [5.41, 5.74) is 3.85. The fourth-order valence-corrected chi connectivity index (χ4v) is 3.71. The van der Waals surface area contributed by atoms with Crippen LogP contribution in [0.1, 0.15) is 38.8 Å². The van der Waals surface area contributed by atoms with Crippen molar-refractivity contribution in [1.29, 1.82) is 0 Å². The second-order valence-electron chi connectivity index (χ2n) is 7.94. The number of amides is 1. The predicted molar refractivity (Wildman–Crippen MR) is 129 cm³/mol. The maximum atomic E-state index is 13.5. The van der Waals surface area contributed by atoms with Gasteiger partial charge >= 0.3 is 0 Å². The Hall–Kier alpha value is -4.13. The van der Waals surface area contributed by atoms with Crippen molar-refractivity contribution in [2.24, 2.45) is 0 Å². The van der Waals surface area contributed by atoms with Gasteiger partial charge in [0.25, 0.3) is 5.91 Å². The highest BCUT2D eigenvalue weighted by atomic mass is 19.1. The molecule has 0 unspecified atom stereocenters. The van der Waals surface area contributed by atoms with E-state index in [2.05, 4.69) is 17.0 Å². The molecule has 4 rings (SSSR count). The number of hydrogen-bond acceptors (Lipinski definition) is 4. The van der Waals surface area contributed by atoms with Crippen LogP contribution in [0, 0.1) is 19.7 Å². The first-order chi connectivity index (χ1) is 16.4. The van der Waals surface area contributed by atoms with E-state index in [-0.39, 0.29) is 24.1 Å². The van der Waals surface area contributed by atoms with Gasteiger partial charge in [0.2, 0.25) is 0 Å². The smallest absolute Gasteiger partial charge is 0.291 e. The van der Waals surface area contributed by atoms with Gasteiger partial charge in [-0.15, -0.1) is 6.58 Å². The van der Waals surface area contributed by atoms with Crippen molar-refractivity contribution in [3.63, 3.8) is 0 Å². The number of nitrogens with zero attached hydrogens (tertiary/aromatic N) is 2. The molecule has 1 N–H and O–H groups in total. The van der Waals surface area contributed by atoms with Gasteiger partial charge in [-0.05, 0) is 61.7 Å². The molecule has 2 aromatic carbocycles. The van der Waals surface area contributed by atoms with Crippen molar-refractivity contribution < 1.29 is 18.3 Å². The van der Waals surface area contributed by atoms with E-state index in [0.717, 1.165) is 22.6 Å². The van der Waals surface area contributed by atoms with Gasteiger partial charge in [0, 0.05) is 0 Å². The van der Waals surface area contributed by atoms with Crippen molar-refractivity contribution in [3.8, 4) is 5.75 Å². The third-order valence-electron chi connectivity index (χ3n) is 5.43. The Labute approximate surface area is 197 Å². The van der Waals surface area contributed by atoms with Crippen LogP contribution in [0.25, 0.3) is 0 Å². The molecule has 0 spiro atoms. The normalized spacial score (nSPS) is 10.8. The number of anilines is 1. The zero-order valence-corrected chi connectivity index (χ0v) is 19.2. The minimum Gasteiger partial charge on any atom is -0.485 e. The highest BCUT2D eigenvalue weighted by molar-refractivity contribution is 6.02. The minimum atomic E-state index is -0.380. The summed E-state index contributed by atoms with van der Waals surface area (Å²) in [4.78, 5) is 12.8. The van der Waals surface area contributed by atoms with Crippen molar-refractivity contribution in [1.82, 2.24) is 9.78 Å². The Morgan fingerprint density at radius 3 is 2.79 bits per heavy atom. The number of benzene rings is 2.